The highest BCUT2D eigenvalue weighted by atomic mass is 19.3. The van der Waals surface area contributed by atoms with Crippen molar-refractivity contribution < 1.29 is 37.4 Å². The van der Waals surface area contributed by atoms with E-state index >= 15 is 8.78 Å². The molecule has 3 aliphatic rings. The molecule has 0 heterocycles. The van der Waals surface area contributed by atoms with Crippen molar-refractivity contribution in [3.05, 3.63) is 35.5 Å². The van der Waals surface area contributed by atoms with E-state index in [2.05, 4.69) is 26.5 Å². The fraction of sp³-hybridized carbons (Fsp3) is 0.727. The van der Waals surface area contributed by atoms with Crippen LogP contribution in [0.1, 0.15) is 106 Å². The lowest BCUT2D eigenvalue weighted by atomic mass is 9.60. The Morgan fingerprint density at radius 3 is 2.34 bits per heavy atom. The molecule has 0 bridgehead atoms. The van der Waals surface area contributed by atoms with Crippen LogP contribution >= 0.6 is 0 Å². The Morgan fingerprint density at radius 2 is 1.73 bits per heavy atom. The first-order valence-electron chi connectivity index (χ1n) is 15.0. The van der Waals surface area contributed by atoms with Crippen molar-refractivity contribution in [3.8, 4) is 0 Å². The first kappa shape index (κ1) is 33.0. The molecule has 3 saturated carbocycles. The maximum absolute atomic E-state index is 15.0. The Balaban J connectivity index is 1.76. The van der Waals surface area contributed by atoms with Crippen LogP contribution in [0.25, 0.3) is 0 Å². The highest BCUT2D eigenvalue weighted by molar-refractivity contribution is 5.67. The second kappa shape index (κ2) is 12.8. The van der Waals surface area contributed by atoms with E-state index in [0.29, 0.717) is 31.1 Å². The Bertz CT molecular complexity index is 1090. The summed E-state index contributed by atoms with van der Waals surface area (Å²) in [5.74, 6) is -3.80. The van der Waals surface area contributed by atoms with Gasteiger partial charge in [0.25, 0.3) is 5.92 Å². The number of fused-ring (bicyclic) bond motifs is 1. The summed E-state index contributed by atoms with van der Waals surface area (Å²) in [5, 5.41) is 0. The van der Waals surface area contributed by atoms with E-state index in [0.717, 1.165) is 50.2 Å². The number of allylic oxidation sites excluding steroid dienone is 3. The molecule has 41 heavy (non-hydrogen) atoms. The molecule has 3 aliphatic carbocycles. The number of esters is 3. The highest BCUT2D eigenvalue weighted by Crippen LogP contribution is 2.60. The number of carbonyl (C=O) groups is 3. The van der Waals surface area contributed by atoms with E-state index in [-0.39, 0.29) is 29.8 Å². The summed E-state index contributed by atoms with van der Waals surface area (Å²) in [6.45, 7) is 15.0. The van der Waals surface area contributed by atoms with Crippen LogP contribution < -0.4 is 0 Å². The third-order valence-electron chi connectivity index (χ3n) is 9.78. The van der Waals surface area contributed by atoms with Gasteiger partial charge in [-0.2, -0.15) is 0 Å². The number of hydrogen-bond acceptors (Lipinski definition) is 6. The third kappa shape index (κ3) is 7.66. The van der Waals surface area contributed by atoms with Crippen LogP contribution in [0, 0.1) is 23.2 Å². The second-order valence-corrected chi connectivity index (χ2v) is 13.1. The van der Waals surface area contributed by atoms with Gasteiger partial charge in [-0.25, -0.2) is 8.78 Å². The average molecular weight is 579 g/mol. The number of carbonyl (C=O) groups excluding carboxylic acids is 3. The van der Waals surface area contributed by atoms with Crippen molar-refractivity contribution in [2.45, 2.75) is 130 Å². The normalized spacial score (nSPS) is 31.5. The van der Waals surface area contributed by atoms with Crippen LogP contribution in [0.3, 0.4) is 0 Å². The molecule has 0 aromatic carbocycles. The molecule has 0 unspecified atom stereocenters. The number of rotatable bonds is 9. The minimum absolute atomic E-state index is 0.0207. The molecular weight excluding hydrogens is 530 g/mol. The Morgan fingerprint density at radius 1 is 1.07 bits per heavy atom. The first-order valence-corrected chi connectivity index (χ1v) is 15.0. The van der Waals surface area contributed by atoms with Crippen molar-refractivity contribution in [1.29, 1.82) is 0 Å². The van der Waals surface area contributed by atoms with Crippen LogP contribution in [0.2, 0.25) is 0 Å². The summed E-state index contributed by atoms with van der Waals surface area (Å²) >= 11 is 0. The van der Waals surface area contributed by atoms with Gasteiger partial charge in [0.15, 0.2) is 5.60 Å². The van der Waals surface area contributed by atoms with Crippen LogP contribution in [0.15, 0.2) is 35.5 Å². The zero-order valence-corrected chi connectivity index (χ0v) is 25.8. The van der Waals surface area contributed by atoms with Crippen LogP contribution in [0.5, 0.6) is 0 Å². The molecule has 0 saturated heterocycles. The molecule has 230 valence electrons. The molecule has 0 amide bonds. The van der Waals surface area contributed by atoms with Gasteiger partial charge < -0.3 is 14.2 Å². The molecule has 6 nitrogen and oxygen atoms in total. The van der Waals surface area contributed by atoms with E-state index in [1.54, 1.807) is 0 Å². The van der Waals surface area contributed by atoms with Gasteiger partial charge in [-0.1, -0.05) is 38.2 Å². The number of halogens is 2. The standard InChI is InChI=1S/C33H48F2O6/c1-20(15-17-33(34,35)31(6,7)41-24(5)38)28-13-14-29-25(10-9-16-32(28,29)8)11-12-26-18-27(39-22(3)36)19-30(21(26)2)40-23(4)37/h11-12,20,27-30H,2,9-10,13-19H2,1,3-8H3/b25-11+,26-12-/t20-,27+,28-,29+,30-,32-/m1/s1. The predicted octanol–water partition coefficient (Wildman–Crippen LogP) is 7.66. The number of alkyl halides is 2. The minimum atomic E-state index is -3.12. The quantitative estimate of drug-likeness (QED) is 0.206. The molecular formula is C33H48F2O6. The van der Waals surface area contributed by atoms with Crippen molar-refractivity contribution >= 4 is 17.9 Å². The first-order chi connectivity index (χ1) is 19.0. The lowest BCUT2D eigenvalue weighted by Crippen LogP contribution is -2.46. The molecule has 6 atom stereocenters. The smallest absolute Gasteiger partial charge is 0.303 e. The van der Waals surface area contributed by atoms with Crippen LogP contribution in [0.4, 0.5) is 8.78 Å². The van der Waals surface area contributed by atoms with Gasteiger partial charge in [0, 0.05) is 40.0 Å². The second-order valence-electron chi connectivity index (χ2n) is 13.1. The summed E-state index contributed by atoms with van der Waals surface area (Å²) < 4.78 is 46.0. The maximum atomic E-state index is 15.0. The lowest BCUT2D eigenvalue weighted by molar-refractivity contribution is -0.202. The molecule has 3 fully saturated rings. The summed E-state index contributed by atoms with van der Waals surface area (Å²) in [5.41, 5.74) is 1.17. The molecule has 0 spiro atoms. The van der Waals surface area contributed by atoms with Gasteiger partial charge in [0.1, 0.15) is 12.2 Å². The third-order valence-corrected chi connectivity index (χ3v) is 9.78. The maximum Gasteiger partial charge on any atom is 0.303 e. The van der Waals surface area contributed by atoms with Gasteiger partial charge >= 0.3 is 17.9 Å². The van der Waals surface area contributed by atoms with Gasteiger partial charge in [0.05, 0.1) is 0 Å². The van der Waals surface area contributed by atoms with Crippen LogP contribution in [-0.4, -0.2) is 41.6 Å². The summed E-state index contributed by atoms with van der Waals surface area (Å²) in [6, 6.07) is 0. The fourth-order valence-electron chi connectivity index (χ4n) is 7.63. The van der Waals surface area contributed by atoms with E-state index in [1.165, 1.54) is 33.3 Å². The van der Waals surface area contributed by atoms with Crippen molar-refractivity contribution in [1.82, 2.24) is 0 Å². The summed E-state index contributed by atoms with van der Waals surface area (Å²) in [4.78, 5) is 34.7. The van der Waals surface area contributed by atoms with Gasteiger partial charge in [-0.3, -0.25) is 14.4 Å². The molecule has 0 aromatic heterocycles. The zero-order valence-electron chi connectivity index (χ0n) is 25.8. The fourth-order valence-corrected chi connectivity index (χ4v) is 7.63. The van der Waals surface area contributed by atoms with E-state index < -0.39 is 29.6 Å². The predicted molar refractivity (Wildman–Crippen MR) is 153 cm³/mol. The zero-order chi connectivity index (χ0) is 30.8. The molecule has 8 heteroatoms. The van der Waals surface area contributed by atoms with Gasteiger partial charge in [0.2, 0.25) is 0 Å². The molecule has 0 aromatic rings. The summed E-state index contributed by atoms with van der Waals surface area (Å²) in [7, 11) is 0. The minimum Gasteiger partial charge on any atom is -0.462 e. The number of ether oxygens (including phenoxy) is 3. The molecule has 3 rings (SSSR count). The highest BCUT2D eigenvalue weighted by Gasteiger charge is 2.53. The Hall–Kier alpha value is -2.51. The Labute approximate surface area is 243 Å². The van der Waals surface area contributed by atoms with E-state index in [4.69, 9.17) is 14.2 Å². The molecule has 0 radical (unpaired) electrons. The lowest BCUT2D eigenvalue weighted by Gasteiger charge is -2.45. The number of hydrogen-bond donors (Lipinski definition) is 0. The monoisotopic (exact) mass is 578 g/mol. The van der Waals surface area contributed by atoms with Gasteiger partial charge in [-0.15, -0.1) is 0 Å². The molecule has 0 N–H and O–H groups in total. The Kier molecular flexibility index (Phi) is 10.3. The van der Waals surface area contributed by atoms with E-state index in [1.807, 2.05) is 6.08 Å². The van der Waals surface area contributed by atoms with Crippen LogP contribution in [-0.2, 0) is 28.6 Å². The largest absolute Gasteiger partial charge is 0.462 e. The van der Waals surface area contributed by atoms with Crippen molar-refractivity contribution in [2.75, 3.05) is 0 Å². The van der Waals surface area contributed by atoms with E-state index in [9.17, 15) is 14.4 Å². The topological polar surface area (TPSA) is 78.9 Å². The van der Waals surface area contributed by atoms with Crippen molar-refractivity contribution in [2.24, 2.45) is 23.2 Å². The van der Waals surface area contributed by atoms with Gasteiger partial charge in [-0.05, 0) is 86.7 Å². The molecule has 0 aliphatic heterocycles. The summed E-state index contributed by atoms with van der Waals surface area (Å²) in [6.07, 6.45) is 9.33. The SMILES string of the molecule is C=C1/C(=C\C=C2/CCC[C@]3(C)[C@@H]([C@H](C)CCC(F)(F)C(C)(C)OC(C)=O)CC[C@@H]23)C[C@H](OC(C)=O)C[C@H]1OC(C)=O. The van der Waals surface area contributed by atoms with Crippen molar-refractivity contribution in [3.63, 3.8) is 0 Å². The average Bonchev–Trinajstić information content (AvgIpc) is 3.19.